The molecule has 5 heteroatoms. The predicted octanol–water partition coefficient (Wildman–Crippen LogP) is 2.77. The molecule has 1 aromatic carbocycles. The number of carbonyl (C=O) groups excluding carboxylic acids is 2. The van der Waals surface area contributed by atoms with E-state index in [4.69, 9.17) is 0 Å². The molecule has 2 rings (SSSR count). The van der Waals surface area contributed by atoms with Gasteiger partial charge in [-0.2, -0.15) is 0 Å². The summed E-state index contributed by atoms with van der Waals surface area (Å²) in [6.45, 7) is 6.07. The first-order valence-corrected chi connectivity index (χ1v) is 7.99. The number of aromatic nitrogens is 1. The van der Waals surface area contributed by atoms with Crippen LogP contribution in [0.15, 0.2) is 42.7 Å². The van der Waals surface area contributed by atoms with Gasteiger partial charge in [-0.3, -0.25) is 9.59 Å². The number of amides is 1. The van der Waals surface area contributed by atoms with Crippen molar-refractivity contribution in [3.8, 4) is 0 Å². The summed E-state index contributed by atoms with van der Waals surface area (Å²) in [5.41, 5.74) is 1.58. The monoisotopic (exact) mass is 328 g/mol. The molecule has 1 heterocycles. The number of carbonyl (C=O) groups is 2. The highest BCUT2D eigenvalue weighted by Crippen LogP contribution is 2.21. The lowest BCUT2D eigenvalue weighted by molar-refractivity contribution is 0.0897. The van der Waals surface area contributed by atoms with Gasteiger partial charge in [0, 0.05) is 29.1 Å². The Morgan fingerprint density at radius 2 is 1.71 bits per heavy atom. The van der Waals surface area contributed by atoms with Crippen molar-refractivity contribution in [1.82, 2.24) is 10.3 Å². The highest BCUT2D eigenvalue weighted by Gasteiger charge is 2.20. The van der Waals surface area contributed by atoms with Gasteiger partial charge in [-0.15, -0.1) is 0 Å². The summed E-state index contributed by atoms with van der Waals surface area (Å²) in [5, 5.41) is 12.3. The van der Waals surface area contributed by atoms with Crippen LogP contribution >= 0.6 is 0 Å². The molecule has 0 radical (unpaired) electrons. The van der Waals surface area contributed by atoms with Crippen molar-refractivity contribution in [3.05, 3.63) is 59.4 Å². The van der Waals surface area contributed by atoms with Gasteiger partial charge in [0.2, 0.25) is 0 Å². The van der Waals surface area contributed by atoms with Gasteiger partial charge < -0.3 is 15.4 Å². The average Bonchev–Trinajstić information content (AvgIpc) is 3.06. The first kappa shape index (κ1) is 17.9. The van der Waals surface area contributed by atoms with Crippen molar-refractivity contribution in [1.29, 1.82) is 0 Å². The van der Waals surface area contributed by atoms with Gasteiger partial charge in [-0.25, -0.2) is 0 Å². The highest BCUT2D eigenvalue weighted by atomic mass is 16.3. The molecule has 0 fully saturated rings. The third-order valence-electron chi connectivity index (χ3n) is 3.68. The van der Waals surface area contributed by atoms with E-state index in [-0.39, 0.29) is 29.8 Å². The van der Waals surface area contributed by atoms with Crippen LogP contribution in [0.3, 0.4) is 0 Å². The topological polar surface area (TPSA) is 82.2 Å². The molecule has 1 unspecified atom stereocenters. The largest absolute Gasteiger partial charge is 0.394 e. The van der Waals surface area contributed by atoms with E-state index in [1.807, 2.05) is 0 Å². The molecule has 3 N–H and O–H groups in total. The van der Waals surface area contributed by atoms with Crippen molar-refractivity contribution < 1.29 is 14.7 Å². The molecular weight excluding hydrogens is 304 g/mol. The van der Waals surface area contributed by atoms with Crippen LogP contribution in [0, 0.1) is 5.41 Å². The molecule has 0 aliphatic rings. The number of H-pyrrole nitrogens is 1. The van der Waals surface area contributed by atoms with Crippen LogP contribution in [0.5, 0.6) is 0 Å². The molecule has 0 aliphatic heterocycles. The molecule has 2 aromatic rings. The smallest absolute Gasteiger partial charge is 0.251 e. The Hall–Kier alpha value is -2.40. The van der Waals surface area contributed by atoms with Gasteiger partial charge in [-0.1, -0.05) is 32.9 Å². The van der Waals surface area contributed by atoms with Crippen LogP contribution in [0.25, 0.3) is 0 Å². The van der Waals surface area contributed by atoms with Crippen LogP contribution in [-0.4, -0.2) is 34.4 Å². The van der Waals surface area contributed by atoms with Crippen LogP contribution in [0.1, 0.15) is 53.5 Å². The maximum atomic E-state index is 12.3. The van der Waals surface area contributed by atoms with E-state index in [0.717, 1.165) is 0 Å². The van der Waals surface area contributed by atoms with E-state index in [2.05, 4.69) is 31.1 Å². The minimum atomic E-state index is -0.293. The van der Waals surface area contributed by atoms with Crippen molar-refractivity contribution in [2.45, 2.75) is 33.2 Å². The second-order valence-electron chi connectivity index (χ2n) is 7.12. The fourth-order valence-corrected chi connectivity index (χ4v) is 2.57. The molecule has 0 bridgehead atoms. The molecule has 1 atom stereocenters. The number of aliphatic hydroxyl groups excluding tert-OH is 1. The van der Waals surface area contributed by atoms with Crippen molar-refractivity contribution in [2.24, 2.45) is 5.41 Å². The lowest BCUT2D eigenvalue weighted by Crippen LogP contribution is -2.40. The standard InChI is InChI=1S/C19H24N2O3/c1-19(2,3)10-16(12-22)21-18(24)14-6-4-13(5-7-14)17(23)15-8-9-20-11-15/h4-9,11,16,20,22H,10,12H2,1-3H3,(H,21,24). The van der Waals surface area contributed by atoms with E-state index in [1.54, 1.807) is 42.7 Å². The summed E-state index contributed by atoms with van der Waals surface area (Å²) in [4.78, 5) is 27.4. The summed E-state index contributed by atoms with van der Waals surface area (Å²) >= 11 is 0. The Morgan fingerprint density at radius 1 is 1.08 bits per heavy atom. The van der Waals surface area contributed by atoms with Gasteiger partial charge in [0.1, 0.15) is 0 Å². The summed E-state index contributed by atoms with van der Waals surface area (Å²) in [6, 6.07) is 7.95. The number of benzene rings is 1. The second kappa shape index (κ2) is 7.45. The maximum absolute atomic E-state index is 12.3. The second-order valence-corrected chi connectivity index (χ2v) is 7.12. The first-order chi connectivity index (χ1) is 11.3. The summed E-state index contributed by atoms with van der Waals surface area (Å²) in [7, 11) is 0. The quantitative estimate of drug-likeness (QED) is 0.713. The van der Waals surface area contributed by atoms with Crippen molar-refractivity contribution >= 4 is 11.7 Å². The summed E-state index contributed by atoms with van der Waals surface area (Å²) in [6.07, 6.45) is 4.01. The maximum Gasteiger partial charge on any atom is 0.251 e. The highest BCUT2D eigenvalue weighted by molar-refractivity contribution is 6.09. The SMILES string of the molecule is CC(C)(C)CC(CO)NC(=O)c1ccc(C(=O)c2cc[nH]c2)cc1. The van der Waals surface area contributed by atoms with Gasteiger partial charge in [0.15, 0.2) is 5.78 Å². The van der Waals surface area contributed by atoms with E-state index < -0.39 is 0 Å². The van der Waals surface area contributed by atoms with E-state index in [9.17, 15) is 14.7 Å². The molecule has 1 aromatic heterocycles. The minimum Gasteiger partial charge on any atom is -0.394 e. The van der Waals surface area contributed by atoms with E-state index in [1.165, 1.54) is 0 Å². The zero-order chi connectivity index (χ0) is 17.7. The van der Waals surface area contributed by atoms with E-state index >= 15 is 0 Å². The molecular formula is C19H24N2O3. The number of ketones is 1. The third-order valence-corrected chi connectivity index (χ3v) is 3.68. The Balaban J connectivity index is 2.04. The molecule has 5 nitrogen and oxygen atoms in total. The summed E-state index contributed by atoms with van der Waals surface area (Å²) < 4.78 is 0. The lowest BCUT2D eigenvalue weighted by Gasteiger charge is -2.25. The van der Waals surface area contributed by atoms with Crippen LogP contribution in [0.2, 0.25) is 0 Å². The fourth-order valence-electron chi connectivity index (χ4n) is 2.57. The van der Waals surface area contributed by atoms with Gasteiger partial charge in [0.25, 0.3) is 5.91 Å². The average molecular weight is 328 g/mol. The Kier molecular flexibility index (Phi) is 5.57. The normalized spacial score (nSPS) is 12.7. The molecule has 0 aliphatic carbocycles. The predicted molar refractivity (Wildman–Crippen MR) is 93.1 cm³/mol. The van der Waals surface area contributed by atoms with Gasteiger partial charge in [0.05, 0.1) is 12.6 Å². The van der Waals surface area contributed by atoms with Gasteiger partial charge >= 0.3 is 0 Å². The zero-order valence-corrected chi connectivity index (χ0v) is 14.3. The van der Waals surface area contributed by atoms with Gasteiger partial charge in [-0.05, 0) is 30.0 Å². The minimum absolute atomic E-state index is 0.00745. The molecule has 0 saturated carbocycles. The Bertz CT molecular complexity index is 682. The van der Waals surface area contributed by atoms with Crippen LogP contribution < -0.4 is 5.32 Å². The Labute approximate surface area is 142 Å². The fraction of sp³-hybridized carbons (Fsp3) is 0.368. The van der Waals surface area contributed by atoms with E-state index in [0.29, 0.717) is 23.1 Å². The molecule has 24 heavy (non-hydrogen) atoms. The number of rotatable bonds is 6. The van der Waals surface area contributed by atoms with Crippen molar-refractivity contribution in [2.75, 3.05) is 6.61 Å². The molecule has 128 valence electrons. The van der Waals surface area contributed by atoms with Crippen LogP contribution in [-0.2, 0) is 0 Å². The van der Waals surface area contributed by atoms with Crippen LogP contribution in [0.4, 0.5) is 0 Å². The third kappa shape index (κ3) is 4.80. The number of aromatic amines is 1. The number of hydrogen-bond acceptors (Lipinski definition) is 3. The van der Waals surface area contributed by atoms with Crippen molar-refractivity contribution in [3.63, 3.8) is 0 Å². The molecule has 1 amide bonds. The number of nitrogens with one attached hydrogen (secondary N) is 2. The molecule has 0 saturated heterocycles. The first-order valence-electron chi connectivity index (χ1n) is 7.99. The summed E-state index contributed by atoms with van der Waals surface area (Å²) in [5.74, 6) is -0.344. The number of hydrogen-bond donors (Lipinski definition) is 3. The molecule has 0 spiro atoms. The Morgan fingerprint density at radius 3 is 2.21 bits per heavy atom. The zero-order valence-electron chi connectivity index (χ0n) is 14.3. The lowest BCUT2D eigenvalue weighted by atomic mass is 9.88. The number of aliphatic hydroxyl groups is 1.